The lowest BCUT2D eigenvalue weighted by molar-refractivity contribution is -0.147. The number of aromatic nitrogens is 3. The molecule has 1 unspecified atom stereocenters. The number of hydrogen-bond donors (Lipinski definition) is 0. The van der Waals surface area contributed by atoms with Crippen molar-refractivity contribution in [2.45, 2.75) is 39.7 Å². The van der Waals surface area contributed by atoms with Crippen LogP contribution in [0.25, 0.3) is 11.4 Å². The van der Waals surface area contributed by atoms with Gasteiger partial charge in [0, 0.05) is 35.6 Å². The Balaban J connectivity index is 1.35. The van der Waals surface area contributed by atoms with E-state index in [0.717, 1.165) is 11.4 Å². The maximum Gasteiger partial charge on any atom is 0.329 e. The van der Waals surface area contributed by atoms with Crippen LogP contribution in [0.2, 0.25) is 10.0 Å². The van der Waals surface area contributed by atoms with Gasteiger partial charge in [-0.25, -0.2) is 9.48 Å². The second kappa shape index (κ2) is 11.7. The average molecular weight is 610 g/mol. The molecule has 1 aliphatic rings. The number of esters is 1. The summed E-state index contributed by atoms with van der Waals surface area (Å²) in [4.78, 5) is 54.5. The number of para-hydroxylation sites is 1. The number of likely N-dealkylation sites (tertiary alicyclic amines) is 1. The van der Waals surface area contributed by atoms with Gasteiger partial charge in [0.2, 0.25) is 5.78 Å². The lowest BCUT2D eigenvalue weighted by atomic mass is 10.1. The normalized spacial score (nSPS) is 14.8. The topological polar surface area (TPSA) is 95.5 Å². The van der Waals surface area contributed by atoms with E-state index in [-0.39, 0.29) is 16.1 Å². The Kier molecular flexibility index (Phi) is 8.17. The standard InChI is InChI=1S/C31H30Cl2N4O5/c1-18-15-23(19(2)36(18)28-20(3)34(4)37(30(28)40)22-9-6-5-7-10-22)27(38)17-42-31(41)26-11-8-14-35(26)29(39)24-16-21(32)12-13-25(24)33/h5-7,9-10,12-13,15-16,26H,8,11,14,17H2,1-4H3. The van der Waals surface area contributed by atoms with Crippen LogP contribution in [-0.2, 0) is 16.6 Å². The number of Topliss-reactive ketones (excluding diaryl/α,β-unsaturated/α-hetero) is 1. The number of nitrogens with zero attached hydrogens (tertiary/aromatic N) is 4. The smallest absolute Gasteiger partial charge is 0.329 e. The van der Waals surface area contributed by atoms with Gasteiger partial charge in [-0.3, -0.25) is 19.1 Å². The molecule has 0 aliphatic carbocycles. The van der Waals surface area contributed by atoms with Crippen LogP contribution in [0.4, 0.5) is 0 Å². The molecule has 0 radical (unpaired) electrons. The molecule has 218 valence electrons. The van der Waals surface area contributed by atoms with Crippen molar-refractivity contribution in [3.05, 3.63) is 103 Å². The zero-order valence-electron chi connectivity index (χ0n) is 23.7. The molecule has 2 aromatic heterocycles. The Labute approximate surface area is 252 Å². The monoisotopic (exact) mass is 608 g/mol. The molecule has 1 fully saturated rings. The minimum atomic E-state index is -0.837. The predicted molar refractivity (Wildman–Crippen MR) is 160 cm³/mol. The highest BCUT2D eigenvalue weighted by Gasteiger charge is 2.37. The number of halogens is 2. The number of carbonyl (C=O) groups is 3. The highest BCUT2D eigenvalue weighted by Crippen LogP contribution is 2.27. The minimum absolute atomic E-state index is 0.204. The molecular formula is C31H30Cl2N4O5. The number of carbonyl (C=O) groups excluding carboxylic acids is 3. The van der Waals surface area contributed by atoms with Crippen LogP contribution in [0.1, 0.15) is 50.6 Å². The van der Waals surface area contributed by atoms with Gasteiger partial charge in [-0.2, -0.15) is 0 Å². The fourth-order valence-corrected chi connectivity index (χ4v) is 5.95. The molecule has 0 spiro atoms. The minimum Gasteiger partial charge on any atom is -0.456 e. The third-order valence-electron chi connectivity index (χ3n) is 7.77. The van der Waals surface area contributed by atoms with Crippen LogP contribution in [0.15, 0.2) is 59.4 Å². The quantitative estimate of drug-likeness (QED) is 0.211. The number of amides is 1. The van der Waals surface area contributed by atoms with Crippen LogP contribution in [0.3, 0.4) is 0 Å². The molecule has 1 amide bonds. The molecular weight excluding hydrogens is 579 g/mol. The molecule has 4 aromatic rings. The third-order valence-corrected chi connectivity index (χ3v) is 8.33. The van der Waals surface area contributed by atoms with Gasteiger partial charge in [0.25, 0.3) is 11.5 Å². The first kappa shape index (κ1) is 29.4. The van der Waals surface area contributed by atoms with Gasteiger partial charge in [-0.05, 0) is 70.0 Å². The van der Waals surface area contributed by atoms with Crippen LogP contribution < -0.4 is 5.56 Å². The molecule has 2 aromatic carbocycles. The summed E-state index contributed by atoms with van der Waals surface area (Å²) < 4.78 is 10.6. The largest absolute Gasteiger partial charge is 0.456 e. The van der Waals surface area contributed by atoms with Crippen molar-refractivity contribution in [3.63, 3.8) is 0 Å². The van der Waals surface area contributed by atoms with Crippen LogP contribution >= 0.6 is 23.2 Å². The average Bonchev–Trinajstić information content (AvgIpc) is 3.63. The van der Waals surface area contributed by atoms with E-state index in [1.807, 2.05) is 51.2 Å². The number of ketones is 1. The molecule has 0 bridgehead atoms. The second-order valence-corrected chi connectivity index (χ2v) is 11.2. The Hall–Kier alpha value is -4.08. The van der Waals surface area contributed by atoms with Crippen molar-refractivity contribution < 1.29 is 19.1 Å². The summed E-state index contributed by atoms with van der Waals surface area (Å²) in [7, 11) is 1.81. The van der Waals surface area contributed by atoms with Crippen molar-refractivity contribution >= 4 is 40.9 Å². The molecule has 0 saturated carbocycles. The van der Waals surface area contributed by atoms with Gasteiger partial charge >= 0.3 is 5.97 Å². The van der Waals surface area contributed by atoms with Crippen LogP contribution in [0, 0.1) is 20.8 Å². The van der Waals surface area contributed by atoms with E-state index in [0.29, 0.717) is 47.0 Å². The molecule has 1 saturated heterocycles. The van der Waals surface area contributed by atoms with E-state index in [1.54, 1.807) is 33.0 Å². The van der Waals surface area contributed by atoms with Crippen molar-refractivity contribution in [3.8, 4) is 11.4 Å². The number of hydrogen-bond acceptors (Lipinski definition) is 5. The van der Waals surface area contributed by atoms with E-state index in [2.05, 4.69) is 0 Å². The van der Waals surface area contributed by atoms with Gasteiger partial charge in [0.1, 0.15) is 11.7 Å². The van der Waals surface area contributed by atoms with Crippen molar-refractivity contribution in [2.24, 2.45) is 7.05 Å². The van der Waals surface area contributed by atoms with Crippen LogP contribution in [-0.4, -0.2) is 55.7 Å². The fourth-order valence-electron chi connectivity index (χ4n) is 5.58. The number of aryl methyl sites for hydroxylation is 1. The van der Waals surface area contributed by atoms with E-state index < -0.39 is 30.3 Å². The summed E-state index contributed by atoms with van der Waals surface area (Å²) >= 11 is 12.3. The summed E-state index contributed by atoms with van der Waals surface area (Å²) in [6.07, 6.45) is 1.02. The van der Waals surface area contributed by atoms with E-state index in [1.165, 1.54) is 17.0 Å². The maximum absolute atomic E-state index is 13.6. The van der Waals surface area contributed by atoms with E-state index in [4.69, 9.17) is 27.9 Å². The summed E-state index contributed by atoms with van der Waals surface area (Å²) in [5.41, 5.74) is 3.47. The lowest BCUT2D eigenvalue weighted by Crippen LogP contribution is -2.42. The first-order valence-electron chi connectivity index (χ1n) is 13.5. The van der Waals surface area contributed by atoms with Gasteiger partial charge in [-0.1, -0.05) is 41.4 Å². The molecule has 5 rings (SSSR count). The lowest BCUT2D eigenvalue weighted by Gasteiger charge is -2.23. The first-order chi connectivity index (χ1) is 20.0. The zero-order chi connectivity index (χ0) is 30.3. The summed E-state index contributed by atoms with van der Waals surface area (Å²) in [6.45, 7) is 5.28. The molecule has 42 heavy (non-hydrogen) atoms. The number of rotatable bonds is 7. The van der Waals surface area contributed by atoms with E-state index >= 15 is 0 Å². The fraction of sp³-hybridized carbons (Fsp3) is 0.290. The molecule has 11 heteroatoms. The first-order valence-corrected chi connectivity index (χ1v) is 14.3. The van der Waals surface area contributed by atoms with E-state index in [9.17, 15) is 19.2 Å². The molecule has 0 N–H and O–H groups in total. The Morgan fingerprint density at radius 3 is 2.38 bits per heavy atom. The van der Waals surface area contributed by atoms with Crippen molar-refractivity contribution in [1.82, 2.24) is 18.8 Å². The molecule has 9 nitrogen and oxygen atoms in total. The van der Waals surface area contributed by atoms with Gasteiger partial charge < -0.3 is 14.2 Å². The highest BCUT2D eigenvalue weighted by molar-refractivity contribution is 6.35. The summed E-state index contributed by atoms with van der Waals surface area (Å²) in [5, 5.41) is 0.590. The predicted octanol–water partition coefficient (Wildman–Crippen LogP) is 5.23. The summed E-state index contributed by atoms with van der Waals surface area (Å²) in [6, 6.07) is 14.7. The van der Waals surface area contributed by atoms with Gasteiger partial charge in [-0.15, -0.1) is 0 Å². The zero-order valence-corrected chi connectivity index (χ0v) is 25.2. The maximum atomic E-state index is 13.6. The summed E-state index contributed by atoms with van der Waals surface area (Å²) in [5.74, 6) is -1.49. The molecule has 1 aliphatic heterocycles. The van der Waals surface area contributed by atoms with Crippen molar-refractivity contribution in [2.75, 3.05) is 13.2 Å². The third kappa shape index (κ3) is 5.18. The molecule has 3 heterocycles. The number of ether oxygens (including phenoxy) is 1. The molecule has 1 atom stereocenters. The Morgan fingerprint density at radius 2 is 1.67 bits per heavy atom. The van der Waals surface area contributed by atoms with Gasteiger partial charge in [0.15, 0.2) is 6.61 Å². The SMILES string of the molecule is Cc1cc(C(=O)COC(=O)C2CCCN2C(=O)c2cc(Cl)ccc2Cl)c(C)n1-c1c(C)n(C)n(-c2ccccc2)c1=O. The second-order valence-electron chi connectivity index (χ2n) is 10.3. The number of benzene rings is 2. The Morgan fingerprint density at radius 1 is 0.952 bits per heavy atom. The highest BCUT2D eigenvalue weighted by atomic mass is 35.5. The van der Waals surface area contributed by atoms with Crippen molar-refractivity contribution in [1.29, 1.82) is 0 Å². The van der Waals surface area contributed by atoms with Gasteiger partial charge in [0.05, 0.1) is 22.0 Å². The Bertz CT molecular complexity index is 1770. The van der Waals surface area contributed by atoms with Crippen LogP contribution in [0.5, 0.6) is 0 Å².